The van der Waals surface area contributed by atoms with Crippen LogP contribution in [0.4, 0.5) is 11.6 Å². The average Bonchev–Trinajstić information content (AvgIpc) is 3.11. The van der Waals surface area contributed by atoms with Crippen molar-refractivity contribution in [3.63, 3.8) is 0 Å². The van der Waals surface area contributed by atoms with Gasteiger partial charge in [-0.3, -0.25) is 0 Å². The predicted molar refractivity (Wildman–Crippen MR) is 72.8 cm³/mol. The van der Waals surface area contributed by atoms with Crippen molar-refractivity contribution in [2.24, 2.45) is 5.41 Å². The van der Waals surface area contributed by atoms with Gasteiger partial charge in [-0.25, -0.2) is 9.97 Å². The molecule has 0 spiro atoms. The molecule has 5 nitrogen and oxygen atoms in total. The minimum Gasteiger partial charge on any atom is -0.396 e. The molecular formula is C13H22N4O. The Morgan fingerprint density at radius 3 is 2.50 bits per heavy atom. The van der Waals surface area contributed by atoms with Gasteiger partial charge in [0.05, 0.1) is 0 Å². The molecule has 0 unspecified atom stereocenters. The first-order valence-electron chi connectivity index (χ1n) is 6.61. The molecule has 1 aromatic heterocycles. The molecule has 0 radical (unpaired) electrons. The van der Waals surface area contributed by atoms with Crippen molar-refractivity contribution >= 4 is 11.6 Å². The summed E-state index contributed by atoms with van der Waals surface area (Å²) < 4.78 is 0. The second-order valence-electron chi connectivity index (χ2n) is 5.05. The third kappa shape index (κ3) is 2.90. The first-order chi connectivity index (χ1) is 8.71. The van der Waals surface area contributed by atoms with E-state index in [-0.39, 0.29) is 6.61 Å². The van der Waals surface area contributed by atoms with Crippen LogP contribution in [0.15, 0.2) is 6.33 Å². The standard InChI is InChI=1S/C13H22N4O/c1-3-14-11-10(2)12(17-9-16-11)15-8-13(4-5-13)6-7-18/h9,18H,3-8H2,1-2H3,(H2,14,15,16,17). The van der Waals surface area contributed by atoms with Crippen LogP contribution in [-0.4, -0.2) is 34.8 Å². The van der Waals surface area contributed by atoms with Crippen LogP contribution in [0.1, 0.15) is 31.7 Å². The van der Waals surface area contributed by atoms with E-state index in [1.165, 1.54) is 12.8 Å². The topological polar surface area (TPSA) is 70.1 Å². The van der Waals surface area contributed by atoms with E-state index >= 15 is 0 Å². The van der Waals surface area contributed by atoms with Gasteiger partial charge in [0.25, 0.3) is 0 Å². The van der Waals surface area contributed by atoms with Gasteiger partial charge < -0.3 is 15.7 Å². The van der Waals surface area contributed by atoms with E-state index in [1.807, 2.05) is 6.92 Å². The summed E-state index contributed by atoms with van der Waals surface area (Å²) >= 11 is 0. The Labute approximate surface area is 108 Å². The van der Waals surface area contributed by atoms with E-state index in [0.717, 1.165) is 36.7 Å². The minimum absolute atomic E-state index is 0.271. The average molecular weight is 250 g/mol. The number of hydrogen-bond donors (Lipinski definition) is 3. The van der Waals surface area contributed by atoms with Crippen molar-refractivity contribution in [2.45, 2.75) is 33.1 Å². The lowest BCUT2D eigenvalue weighted by Gasteiger charge is -2.17. The molecule has 0 aromatic carbocycles. The number of nitrogens with zero attached hydrogens (tertiary/aromatic N) is 2. The number of aromatic nitrogens is 2. The maximum absolute atomic E-state index is 9.04. The molecule has 1 aliphatic rings. The van der Waals surface area contributed by atoms with Gasteiger partial charge in [0.1, 0.15) is 18.0 Å². The smallest absolute Gasteiger partial charge is 0.134 e. The van der Waals surface area contributed by atoms with Gasteiger partial charge >= 0.3 is 0 Å². The molecule has 1 aliphatic carbocycles. The Morgan fingerprint density at radius 1 is 1.28 bits per heavy atom. The molecule has 0 amide bonds. The highest BCUT2D eigenvalue weighted by Crippen LogP contribution is 2.48. The van der Waals surface area contributed by atoms with Crippen LogP contribution in [0.25, 0.3) is 0 Å². The predicted octanol–water partition coefficient (Wildman–Crippen LogP) is 1.79. The molecule has 1 aromatic rings. The van der Waals surface area contributed by atoms with Crippen molar-refractivity contribution in [3.8, 4) is 0 Å². The van der Waals surface area contributed by atoms with Gasteiger partial charge in [-0.05, 0) is 38.5 Å². The van der Waals surface area contributed by atoms with E-state index in [4.69, 9.17) is 5.11 Å². The Hall–Kier alpha value is -1.36. The molecule has 100 valence electrons. The van der Waals surface area contributed by atoms with E-state index in [2.05, 4.69) is 27.5 Å². The number of nitrogens with one attached hydrogen (secondary N) is 2. The largest absolute Gasteiger partial charge is 0.396 e. The van der Waals surface area contributed by atoms with Gasteiger partial charge in [0.2, 0.25) is 0 Å². The molecule has 1 fully saturated rings. The molecule has 0 saturated heterocycles. The molecule has 0 atom stereocenters. The lowest BCUT2D eigenvalue weighted by atomic mass is 10.0. The Morgan fingerprint density at radius 2 is 1.94 bits per heavy atom. The van der Waals surface area contributed by atoms with Crippen LogP contribution in [0.3, 0.4) is 0 Å². The summed E-state index contributed by atoms with van der Waals surface area (Å²) in [7, 11) is 0. The van der Waals surface area contributed by atoms with Crippen LogP contribution >= 0.6 is 0 Å². The maximum atomic E-state index is 9.04. The molecule has 18 heavy (non-hydrogen) atoms. The minimum atomic E-state index is 0.271. The Kier molecular flexibility index (Phi) is 4.01. The van der Waals surface area contributed by atoms with Gasteiger partial charge in [-0.1, -0.05) is 0 Å². The van der Waals surface area contributed by atoms with E-state index in [9.17, 15) is 0 Å². The normalized spacial score (nSPS) is 16.4. The van der Waals surface area contributed by atoms with Crippen molar-refractivity contribution in [3.05, 3.63) is 11.9 Å². The fraction of sp³-hybridized carbons (Fsp3) is 0.692. The summed E-state index contributed by atoms with van der Waals surface area (Å²) in [5, 5.41) is 15.7. The van der Waals surface area contributed by atoms with Gasteiger partial charge in [0, 0.05) is 25.3 Å². The summed E-state index contributed by atoms with van der Waals surface area (Å²) in [6.07, 6.45) is 4.86. The van der Waals surface area contributed by atoms with Crippen molar-refractivity contribution in [1.82, 2.24) is 9.97 Å². The third-order valence-electron chi connectivity index (χ3n) is 3.66. The molecule has 0 bridgehead atoms. The van der Waals surface area contributed by atoms with Crippen LogP contribution in [0.2, 0.25) is 0 Å². The molecule has 1 saturated carbocycles. The number of aliphatic hydroxyl groups excluding tert-OH is 1. The van der Waals surface area contributed by atoms with Crippen LogP contribution < -0.4 is 10.6 Å². The summed E-state index contributed by atoms with van der Waals surface area (Å²) in [6.45, 7) is 6.08. The van der Waals surface area contributed by atoms with E-state index < -0.39 is 0 Å². The highest BCUT2D eigenvalue weighted by atomic mass is 16.3. The summed E-state index contributed by atoms with van der Waals surface area (Å²) in [5.41, 5.74) is 1.35. The zero-order chi connectivity index (χ0) is 13.0. The molecule has 3 N–H and O–H groups in total. The number of hydrogen-bond acceptors (Lipinski definition) is 5. The van der Waals surface area contributed by atoms with Crippen LogP contribution in [0, 0.1) is 12.3 Å². The van der Waals surface area contributed by atoms with E-state index in [0.29, 0.717) is 5.41 Å². The molecular weight excluding hydrogens is 228 g/mol. The maximum Gasteiger partial charge on any atom is 0.134 e. The fourth-order valence-electron chi connectivity index (χ4n) is 2.17. The Balaban J connectivity index is 1.99. The SMILES string of the molecule is CCNc1ncnc(NCC2(CCO)CC2)c1C. The zero-order valence-electron chi connectivity index (χ0n) is 11.2. The highest BCUT2D eigenvalue weighted by molar-refractivity contribution is 5.56. The number of anilines is 2. The fourth-order valence-corrected chi connectivity index (χ4v) is 2.17. The van der Waals surface area contributed by atoms with Crippen LogP contribution in [0.5, 0.6) is 0 Å². The summed E-state index contributed by atoms with van der Waals surface area (Å²) in [4.78, 5) is 8.51. The van der Waals surface area contributed by atoms with Gasteiger partial charge in [-0.15, -0.1) is 0 Å². The van der Waals surface area contributed by atoms with Crippen molar-refractivity contribution in [2.75, 3.05) is 30.3 Å². The lowest BCUT2D eigenvalue weighted by Crippen LogP contribution is -2.18. The van der Waals surface area contributed by atoms with Gasteiger partial charge in [-0.2, -0.15) is 0 Å². The summed E-state index contributed by atoms with van der Waals surface area (Å²) in [5.74, 6) is 1.78. The molecule has 5 heteroatoms. The highest BCUT2D eigenvalue weighted by Gasteiger charge is 2.41. The Bertz CT molecular complexity index is 404. The molecule has 0 aliphatic heterocycles. The van der Waals surface area contributed by atoms with Crippen LogP contribution in [-0.2, 0) is 0 Å². The molecule has 2 rings (SSSR count). The second kappa shape index (κ2) is 5.52. The summed E-state index contributed by atoms with van der Waals surface area (Å²) in [6, 6.07) is 0. The van der Waals surface area contributed by atoms with Crippen molar-refractivity contribution < 1.29 is 5.11 Å². The quantitative estimate of drug-likeness (QED) is 0.688. The lowest BCUT2D eigenvalue weighted by molar-refractivity contribution is 0.253. The number of aliphatic hydroxyl groups is 1. The third-order valence-corrected chi connectivity index (χ3v) is 3.66. The number of rotatable bonds is 7. The van der Waals surface area contributed by atoms with E-state index in [1.54, 1.807) is 6.33 Å². The van der Waals surface area contributed by atoms with Crippen molar-refractivity contribution in [1.29, 1.82) is 0 Å². The monoisotopic (exact) mass is 250 g/mol. The van der Waals surface area contributed by atoms with Gasteiger partial charge in [0.15, 0.2) is 0 Å². The second-order valence-corrected chi connectivity index (χ2v) is 5.05. The zero-order valence-corrected chi connectivity index (χ0v) is 11.2. The first kappa shape index (κ1) is 13.1. The first-order valence-corrected chi connectivity index (χ1v) is 6.61. The molecule has 1 heterocycles.